The molecule has 2 aliphatic carbocycles. The molecule has 0 radical (unpaired) electrons. The van der Waals surface area contributed by atoms with Crippen LogP contribution in [0.25, 0.3) is 0 Å². The van der Waals surface area contributed by atoms with Crippen molar-refractivity contribution in [1.29, 1.82) is 0 Å². The maximum absolute atomic E-state index is 12.1. The molecular formula is C15H22N2O2S. The van der Waals surface area contributed by atoms with E-state index in [1.165, 1.54) is 25.7 Å². The van der Waals surface area contributed by atoms with Crippen LogP contribution in [0.15, 0.2) is 24.3 Å². The fourth-order valence-corrected chi connectivity index (χ4v) is 4.11. The predicted molar refractivity (Wildman–Crippen MR) is 80.4 cm³/mol. The van der Waals surface area contributed by atoms with Crippen LogP contribution in [0.5, 0.6) is 0 Å². The summed E-state index contributed by atoms with van der Waals surface area (Å²) < 4.78 is 27.1. The third-order valence-electron chi connectivity index (χ3n) is 4.30. The summed E-state index contributed by atoms with van der Waals surface area (Å²) in [6.07, 6.45) is 5.10. The molecule has 0 spiro atoms. The van der Waals surface area contributed by atoms with Gasteiger partial charge in [0.2, 0.25) is 10.0 Å². The number of anilines is 1. The van der Waals surface area contributed by atoms with Crippen molar-refractivity contribution in [1.82, 2.24) is 4.72 Å². The zero-order valence-corrected chi connectivity index (χ0v) is 12.4. The van der Waals surface area contributed by atoms with Crippen LogP contribution in [0.3, 0.4) is 0 Å². The smallest absolute Gasteiger partial charge is 0.215 e. The van der Waals surface area contributed by atoms with Gasteiger partial charge in [0, 0.05) is 12.2 Å². The Morgan fingerprint density at radius 1 is 1.20 bits per heavy atom. The summed E-state index contributed by atoms with van der Waals surface area (Å²) in [5, 5.41) is 0. The second-order valence-corrected chi connectivity index (χ2v) is 8.00. The average Bonchev–Trinajstić information content (AvgIpc) is 3.23. The van der Waals surface area contributed by atoms with Crippen molar-refractivity contribution in [3.63, 3.8) is 0 Å². The third-order valence-corrected chi connectivity index (χ3v) is 5.62. The van der Waals surface area contributed by atoms with Gasteiger partial charge in [-0.2, -0.15) is 0 Å². The molecule has 4 nitrogen and oxygen atoms in total. The first kappa shape index (κ1) is 13.9. The topological polar surface area (TPSA) is 72.2 Å². The first-order valence-electron chi connectivity index (χ1n) is 7.35. The van der Waals surface area contributed by atoms with E-state index in [4.69, 9.17) is 5.73 Å². The van der Waals surface area contributed by atoms with E-state index < -0.39 is 10.0 Å². The van der Waals surface area contributed by atoms with E-state index in [-0.39, 0.29) is 5.75 Å². The first-order chi connectivity index (χ1) is 9.53. The summed E-state index contributed by atoms with van der Waals surface area (Å²) in [6.45, 7) is 0.611. The molecule has 1 aromatic rings. The van der Waals surface area contributed by atoms with Gasteiger partial charge in [0.15, 0.2) is 0 Å². The molecular weight excluding hydrogens is 272 g/mol. The normalized spacial score (nSPS) is 19.4. The highest BCUT2D eigenvalue weighted by molar-refractivity contribution is 7.88. The van der Waals surface area contributed by atoms with Gasteiger partial charge in [-0.05, 0) is 61.1 Å². The van der Waals surface area contributed by atoms with Gasteiger partial charge in [0.25, 0.3) is 0 Å². The summed E-state index contributed by atoms with van der Waals surface area (Å²) in [6, 6.07) is 7.07. The van der Waals surface area contributed by atoms with Gasteiger partial charge >= 0.3 is 0 Å². The van der Waals surface area contributed by atoms with E-state index in [1.54, 1.807) is 24.3 Å². The molecule has 2 fully saturated rings. The van der Waals surface area contributed by atoms with Gasteiger partial charge in [-0.15, -0.1) is 0 Å². The zero-order valence-electron chi connectivity index (χ0n) is 11.6. The van der Waals surface area contributed by atoms with Crippen molar-refractivity contribution in [2.75, 3.05) is 12.3 Å². The Morgan fingerprint density at radius 3 is 2.40 bits per heavy atom. The van der Waals surface area contributed by atoms with Crippen molar-refractivity contribution in [2.24, 2.45) is 17.8 Å². The molecule has 3 N–H and O–H groups in total. The van der Waals surface area contributed by atoms with Gasteiger partial charge < -0.3 is 5.73 Å². The van der Waals surface area contributed by atoms with Crippen LogP contribution in [0.2, 0.25) is 0 Å². The Morgan fingerprint density at radius 2 is 1.85 bits per heavy atom. The van der Waals surface area contributed by atoms with Gasteiger partial charge in [-0.3, -0.25) is 0 Å². The third kappa shape index (κ3) is 3.73. The summed E-state index contributed by atoms with van der Waals surface area (Å²) >= 11 is 0. The molecule has 2 saturated carbocycles. The van der Waals surface area contributed by atoms with Crippen molar-refractivity contribution >= 4 is 15.7 Å². The number of benzene rings is 1. The molecule has 0 aliphatic heterocycles. The number of nitrogens with two attached hydrogens (primary N) is 1. The molecule has 0 saturated heterocycles. The Labute approximate surface area is 120 Å². The lowest BCUT2D eigenvalue weighted by Gasteiger charge is -2.16. The molecule has 0 amide bonds. The van der Waals surface area contributed by atoms with Gasteiger partial charge in [0.1, 0.15) is 0 Å². The largest absolute Gasteiger partial charge is 0.399 e. The van der Waals surface area contributed by atoms with E-state index >= 15 is 0 Å². The highest BCUT2D eigenvalue weighted by atomic mass is 32.2. The van der Waals surface area contributed by atoms with Crippen molar-refractivity contribution < 1.29 is 8.42 Å². The number of rotatable bonds is 7. The van der Waals surface area contributed by atoms with Gasteiger partial charge in [-0.1, -0.05) is 12.1 Å². The molecule has 0 unspecified atom stereocenters. The minimum Gasteiger partial charge on any atom is -0.399 e. The Hall–Kier alpha value is -1.07. The van der Waals surface area contributed by atoms with Crippen LogP contribution >= 0.6 is 0 Å². The van der Waals surface area contributed by atoms with E-state index in [1.807, 2.05) is 0 Å². The van der Waals surface area contributed by atoms with Crippen molar-refractivity contribution in [2.45, 2.75) is 31.4 Å². The monoisotopic (exact) mass is 294 g/mol. The van der Waals surface area contributed by atoms with Crippen LogP contribution in [0, 0.1) is 17.8 Å². The molecule has 1 aromatic carbocycles. The fraction of sp³-hybridized carbons (Fsp3) is 0.600. The Balaban J connectivity index is 1.57. The Kier molecular flexibility index (Phi) is 3.73. The maximum Gasteiger partial charge on any atom is 0.215 e. The lowest BCUT2D eigenvalue weighted by atomic mass is 9.99. The van der Waals surface area contributed by atoms with Crippen LogP contribution in [0.1, 0.15) is 31.2 Å². The number of hydrogen-bond acceptors (Lipinski definition) is 3. The lowest BCUT2D eigenvalue weighted by Crippen LogP contribution is -2.32. The fourth-order valence-electron chi connectivity index (χ4n) is 2.94. The molecule has 3 rings (SSSR count). The van der Waals surface area contributed by atoms with E-state index in [0.717, 1.165) is 17.4 Å². The SMILES string of the molecule is Nc1cccc(CS(=O)(=O)NCC(C2CC2)C2CC2)c1. The van der Waals surface area contributed by atoms with Gasteiger partial charge in [0.05, 0.1) is 5.75 Å². The second-order valence-electron chi connectivity index (χ2n) is 6.19. The highest BCUT2D eigenvalue weighted by Crippen LogP contribution is 2.48. The van der Waals surface area contributed by atoms with Crippen molar-refractivity contribution in [3.8, 4) is 0 Å². The summed E-state index contributed by atoms with van der Waals surface area (Å²) in [7, 11) is -3.26. The summed E-state index contributed by atoms with van der Waals surface area (Å²) in [5.41, 5.74) is 7.03. The highest BCUT2D eigenvalue weighted by Gasteiger charge is 2.41. The Bertz CT molecular complexity index is 565. The minimum atomic E-state index is -3.26. The van der Waals surface area contributed by atoms with Crippen LogP contribution in [-0.2, 0) is 15.8 Å². The quantitative estimate of drug-likeness (QED) is 0.757. The molecule has 20 heavy (non-hydrogen) atoms. The molecule has 110 valence electrons. The van der Waals surface area contributed by atoms with E-state index in [9.17, 15) is 8.42 Å². The van der Waals surface area contributed by atoms with Crippen molar-refractivity contribution in [3.05, 3.63) is 29.8 Å². The van der Waals surface area contributed by atoms with E-state index in [2.05, 4.69) is 4.72 Å². The standard InChI is InChI=1S/C15H22N2O2S/c16-14-3-1-2-11(8-14)10-20(18,19)17-9-15(12-4-5-12)13-6-7-13/h1-3,8,12-13,15,17H,4-7,9-10,16H2. The first-order valence-corrected chi connectivity index (χ1v) is 9.00. The summed E-state index contributed by atoms with van der Waals surface area (Å²) in [5.74, 6) is 2.10. The number of hydrogen-bond donors (Lipinski definition) is 2. The molecule has 5 heteroatoms. The van der Waals surface area contributed by atoms with Gasteiger partial charge in [-0.25, -0.2) is 13.1 Å². The van der Waals surface area contributed by atoms with Crippen LogP contribution in [0.4, 0.5) is 5.69 Å². The predicted octanol–water partition coefficient (Wildman–Crippen LogP) is 2.12. The molecule has 0 atom stereocenters. The maximum atomic E-state index is 12.1. The second kappa shape index (κ2) is 5.37. The zero-order chi connectivity index (χ0) is 14.2. The molecule has 0 aromatic heterocycles. The minimum absolute atomic E-state index is 0.0140. The van der Waals surface area contributed by atoms with Crippen LogP contribution in [-0.4, -0.2) is 15.0 Å². The van der Waals surface area contributed by atoms with E-state index in [0.29, 0.717) is 18.2 Å². The number of nitrogens with one attached hydrogen (secondary N) is 1. The molecule has 2 aliphatic rings. The molecule has 0 bridgehead atoms. The number of sulfonamides is 1. The van der Waals surface area contributed by atoms with Crippen LogP contribution < -0.4 is 10.5 Å². The number of nitrogen functional groups attached to an aromatic ring is 1. The average molecular weight is 294 g/mol. The molecule has 0 heterocycles. The summed E-state index contributed by atoms with van der Waals surface area (Å²) in [4.78, 5) is 0. The lowest BCUT2D eigenvalue weighted by molar-refractivity contribution is 0.401.